The molecule has 0 N–H and O–H groups in total. The normalized spacial score (nSPS) is 10.5. The third-order valence-corrected chi connectivity index (χ3v) is 1.44. The van der Waals surface area contributed by atoms with Crippen LogP contribution in [-0.2, 0) is 11.3 Å². The zero-order chi connectivity index (χ0) is 9.68. The van der Waals surface area contributed by atoms with Gasteiger partial charge < -0.3 is 9.47 Å². The molecule has 0 bridgehead atoms. The second-order valence-corrected chi connectivity index (χ2v) is 2.98. The highest BCUT2D eigenvalue weighted by molar-refractivity contribution is 5.25. The van der Waals surface area contributed by atoms with Crippen LogP contribution in [0.5, 0.6) is 5.75 Å². The maximum atomic E-state index is 5.52. The van der Waals surface area contributed by atoms with Gasteiger partial charge in [-0.15, -0.1) is 0 Å². The summed E-state index contributed by atoms with van der Waals surface area (Å²) < 4.78 is 10.5. The summed E-state index contributed by atoms with van der Waals surface area (Å²) in [6, 6.07) is 4.65. The van der Waals surface area contributed by atoms with E-state index in [0.29, 0.717) is 6.61 Å². The van der Waals surface area contributed by atoms with Crippen LogP contribution >= 0.6 is 0 Å². The Morgan fingerprint density at radius 2 is 2.31 bits per heavy atom. The molecule has 1 heterocycles. The molecule has 0 saturated heterocycles. The highest BCUT2D eigenvalue weighted by atomic mass is 16.5. The molecule has 1 rings (SSSR count). The smallest absolute Gasteiger partial charge is 0.144 e. The first-order valence-electron chi connectivity index (χ1n) is 4.24. The van der Waals surface area contributed by atoms with Crippen molar-refractivity contribution >= 4 is 0 Å². The standard InChI is InChI=1S/C10H14NO2/c1-8(2)13-10-5-4-6-11-9(10)7-12-3/h5-6,8H,7H2,1-3H3. The first kappa shape index (κ1) is 9.99. The van der Waals surface area contributed by atoms with Crippen LogP contribution < -0.4 is 4.74 Å². The van der Waals surface area contributed by atoms with Gasteiger partial charge in [0.15, 0.2) is 0 Å². The Morgan fingerprint density at radius 3 is 2.92 bits per heavy atom. The summed E-state index contributed by atoms with van der Waals surface area (Å²) in [7, 11) is 1.64. The lowest BCUT2D eigenvalue weighted by molar-refractivity contribution is 0.170. The van der Waals surface area contributed by atoms with E-state index >= 15 is 0 Å². The van der Waals surface area contributed by atoms with E-state index in [1.807, 2.05) is 13.8 Å². The van der Waals surface area contributed by atoms with Gasteiger partial charge in [-0.3, -0.25) is 4.98 Å². The van der Waals surface area contributed by atoms with E-state index in [4.69, 9.17) is 9.47 Å². The summed E-state index contributed by atoms with van der Waals surface area (Å²) in [5.41, 5.74) is 0.815. The van der Waals surface area contributed by atoms with Crippen molar-refractivity contribution in [3.8, 4) is 5.75 Å². The number of aromatic nitrogens is 1. The molecule has 0 atom stereocenters. The minimum atomic E-state index is 0.146. The van der Waals surface area contributed by atoms with Crippen LogP contribution in [0.3, 0.4) is 0 Å². The van der Waals surface area contributed by atoms with E-state index in [1.165, 1.54) is 0 Å². The van der Waals surface area contributed by atoms with Gasteiger partial charge in [0, 0.05) is 19.4 Å². The van der Waals surface area contributed by atoms with Crippen LogP contribution in [0.4, 0.5) is 0 Å². The van der Waals surface area contributed by atoms with E-state index in [9.17, 15) is 0 Å². The molecule has 3 nitrogen and oxygen atoms in total. The molecule has 0 aliphatic heterocycles. The van der Waals surface area contributed by atoms with Crippen molar-refractivity contribution in [2.75, 3.05) is 7.11 Å². The van der Waals surface area contributed by atoms with Gasteiger partial charge in [-0.2, -0.15) is 0 Å². The van der Waals surface area contributed by atoms with Gasteiger partial charge in [-0.1, -0.05) is 0 Å². The first-order valence-corrected chi connectivity index (χ1v) is 4.24. The monoisotopic (exact) mass is 180 g/mol. The Bertz CT molecular complexity index is 261. The molecule has 71 valence electrons. The number of nitrogens with zero attached hydrogens (tertiary/aromatic N) is 1. The fraction of sp³-hybridized carbons (Fsp3) is 0.500. The van der Waals surface area contributed by atoms with Crippen molar-refractivity contribution in [2.45, 2.75) is 26.6 Å². The zero-order valence-electron chi connectivity index (χ0n) is 8.20. The molecule has 1 aromatic heterocycles. The summed E-state index contributed by atoms with van der Waals surface area (Å²) in [6.07, 6.45) is 1.76. The van der Waals surface area contributed by atoms with Gasteiger partial charge in [0.05, 0.1) is 12.7 Å². The van der Waals surface area contributed by atoms with Crippen molar-refractivity contribution in [1.82, 2.24) is 4.98 Å². The molecular weight excluding hydrogens is 166 g/mol. The number of hydrogen-bond acceptors (Lipinski definition) is 3. The fourth-order valence-electron chi connectivity index (χ4n) is 0.976. The first-order chi connectivity index (χ1) is 6.24. The van der Waals surface area contributed by atoms with Crippen molar-refractivity contribution in [2.24, 2.45) is 0 Å². The van der Waals surface area contributed by atoms with Gasteiger partial charge in [0.2, 0.25) is 0 Å². The van der Waals surface area contributed by atoms with E-state index in [-0.39, 0.29) is 6.10 Å². The third kappa shape index (κ3) is 3.03. The van der Waals surface area contributed by atoms with Gasteiger partial charge in [-0.25, -0.2) is 0 Å². The van der Waals surface area contributed by atoms with Crippen LogP contribution in [0.25, 0.3) is 0 Å². The number of methoxy groups -OCH3 is 1. The molecule has 0 spiro atoms. The van der Waals surface area contributed by atoms with Crippen molar-refractivity contribution in [1.29, 1.82) is 0 Å². The minimum Gasteiger partial charge on any atom is -0.489 e. The predicted octanol–water partition coefficient (Wildman–Crippen LogP) is 1.82. The maximum Gasteiger partial charge on any atom is 0.144 e. The van der Waals surface area contributed by atoms with Gasteiger partial charge in [0.1, 0.15) is 11.4 Å². The Balaban J connectivity index is 2.78. The highest BCUT2D eigenvalue weighted by Gasteiger charge is 2.05. The average Bonchev–Trinajstić information content (AvgIpc) is 2.08. The lowest BCUT2D eigenvalue weighted by Gasteiger charge is -2.12. The van der Waals surface area contributed by atoms with Crippen molar-refractivity contribution in [3.63, 3.8) is 0 Å². The maximum absolute atomic E-state index is 5.52. The lowest BCUT2D eigenvalue weighted by atomic mass is 10.3. The Hall–Kier alpha value is -1.09. The zero-order valence-corrected chi connectivity index (χ0v) is 8.20. The molecule has 3 heteroatoms. The van der Waals surface area contributed by atoms with E-state index in [1.54, 1.807) is 19.4 Å². The second-order valence-electron chi connectivity index (χ2n) is 2.98. The number of pyridine rings is 1. The van der Waals surface area contributed by atoms with E-state index in [2.05, 4.69) is 11.1 Å². The summed E-state index contributed by atoms with van der Waals surface area (Å²) in [4.78, 5) is 4.12. The van der Waals surface area contributed by atoms with E-state index in [0.717, 1.165) is 11.4 Å². The third-order valence-electron chi connectivity index (χ3n) is 1.44. The SMILES string of the molecule is COCc1nc[c]cc1OC(C)C. The van der Waals surface area contributed by atoms with Crippen LogP contribution in [-0.4, -0.2) is 18.2 Å². The molecule has 13 heavy (non-hydrogen) atoms. The van der Waals surface area contributed by atoms with Gasteiger partial charge >= 0.3 is 0 Å². The fourth-order valence-corrected chi connectivity index (χ4v) is 0.976. The molecule has 0 aliphatic rings. The number of hydrogen-bond donors (Lipinski definition) is 0. The largest absolute Gasteiger partial charge is 0.489 e. The van der Waals surface area contributed by atoms with Crippen molar-refractivity contribution in [3.05, 3.63) is 24.0 Å². The topological polar surface area (TPSA) is 31.4 Å². The van der Waals surface area contributed by atoms with Crippen LogP contribution in [0, 0.1) is 6.07 Å². The van der Waals surface area contributed by atoms with Crippen LogP contribution in [0.1, 0.15) is 19.5 Å². The molecule has 0 amide bonds. The lowest BCUT2D eigenvalue weighted by Crippen LogP contribution is -2.08. The molecular formula is C10H14NO2. The van der Waals surface area contributed by atoms with Crippen LogP contribution in [0.2, 0.25) is 0 Å². The van der Waals surface area contributed by atoms with E-state index < -0.39 is 0 Å². The van der Waals surface area contributed by atoms with Crippen molar-refractivity contribution < 1.29 is 9.47 Å². The predicted molar refractivity (Wildman–Crippen MR) is 49.6 cm³/mol. The summed E-state index contributed by atoms with van der Waals surface area (Å²) in [5, 5.41) is 0. The average molecular weight is 180 g/mol. The molecule has 1 radical (unpaired) electrons. The number of ether oxygens (including phenoxy) is 2. The Kier molecular flexibility index (Phi) is 3.71. The Morgan fingerprint density at radius 1 is 1.54 bits per heavy atom. The summed E-state index contributed by atoms with van der Waals surface area (Å²) in [5.74, 6) is 0.749. The minimum absolute atomic E-state index is 0.146. The molecule has 0 aromatic carbocycles. The highest BCUT2D eigenvalue weighted by Crippen LogP contribution is 2.16. The summed E-state index contributed by atoms with van der Waals surface area (Å²) >= 11 is 0. The Labute approximate surface area is 78.7 Å². The van der Waals surface area contributed by atoms with Crippen LogP contribution in [0.15, 0.2) is 12.3 Å². The van der Waals surface area contributed by atoms with Gasteiger partial charge in [-0.05, 0) is 19.9 Å². The molecule has 1 aromatic rings. The quantitative estimate of drug-likeness (QED) is 0.708. The molecule has 0 unspecified atom stereocenters. The summed E-state index contributed by atoms with van der Waals surface area (Å²) in [6.45, 7) is 4.42. The molecule has 0 fully saturated rings. The molecule has 0 saturated carbocycles. The van der Waals surface area contributed by atoms with Gasteiger partial charge in [0.25, 0.3) is 0 Å². The second kappa shape index (κ2) is 4.82. The number of rotatable bonds is 4. The molecule has 0 aliphatic carbocycles.